The van der Waals surface area contributed by atoms with Gasteiger partial charge in [-0.1, -0.05) is 22.0 Å². The van der Waals surface area contributed by atoms with Crippen molar-refractivity contribution in [3.8, 4) is 0 Å². The first-order valence-electron chi connectivity index (χ1n) is 5.15. The summed E-state index contributed by atoms with van der Waals surface area (Å²) in [5.41, 5.74) is 0.977. The third-order valence-electron chi connectivity index (χ3n) is 2.46. The number of halogens is 1. The van der Waals surface area contributed by atoms with Gasteiger partial charge in [0.1, 0.15) is 6.61 Å². The average molecular weight is 312 g/mol. The molecule has 1 heterocycles. The Kier molecular flexibility index (Phi) is 3.38. The van der Waals surface area contributed by atoms with Crippen LogP contribution in [0.4, 0.5) is 4.79 Å². The summed E-state index contributed by atoms with van der Waals surface area (Å²) in [6.45, 7) is 1.22. The molecule has 0 unspecified atom stereocenters. The van der Waals surface area contributed by atoms with Crippen LogP contribution in [0.3, 0.4) is 0 Å². The molecular weight excluding hydrogens is 302 g/mol. The van der Waals surface area contributed by atoms with E-state index in [0.29, 0.717) is 11.2 Å². The summed E-state index contributed by atoms with van der Waals surface area (Å²) in [7, 11) is 0. The first-order valence-corrected chi connectivity index (χ1v) is 5.95. The van der Waals surface area contributed by atoms with Crippen molar-refractivity contribution in [3.63, 3.8) is 0 Å². The van der Waals surface area contributed by atoms with Gasteiger partial charge in [0, 0.05) is 16.8 Å². The normalized spacial score (nSPS) is 10.6. The second-order valence-corrected chi connectivity index (χ2v) is 4.65. The molecule has 0 radical (unpaired) electrons. The number of carboxylic acid groups (broad SMARTS) is 1. The minimum absolute atomic E-state index is 0.0616. The van der Waals surface area contributed by atoms with Crippen LogP contribution in [0.1, 0.15) is 12.6 Å². The molecule has 2 rings (SSSR count). The number of carbonyl (C=O) groups is 2. The maximum Gasteiger partial charge on any atom is 0.416 e. The van der Waals surface area contributed by atoms with Gasteiger partial charge in [-0.25, -0.2) is 9.36 Å². The molecule has 0 fully saturated rings. The highest BCUT2D eigenvalue weighted by Crippen LogP contribution is 2.24. The van der Waals surface area contributed by atoms with Gasteiger partial charge in [0.15, 0.2) is 0 Å². The number of rotatable bonds is 2. The fraction of sp³-hybridized carbons (Fsp3) is 0.167. The molecular formula is C12H10BrNO4. The lowest BCUT2D eigenvalue weighted by atomic mass is 10.2. The van der Waals surface area contributed by atoms with Gasteiger partial charge >= 0.3 is 12.1 Å². The maximum atomic E-state index is 11.3. The van der Waals surface area contributed by atoms with Crippen LogP contribution in [-0.4, -0.2) is 21.7 Å². The lowest BCUT2D eigenvalue weighted by molar-refractivity contribution is -0.142. The highest BCUT2D eigenvalue weighted by Gasteiger charge is 2.15. The van der Waals surface area contributed by atoms with Crippen molar-refractivity contribution in [1.82, 2.24) is 4.57 Å². The molecule has 0 aliphatic rings. The SMILES string of the molecule is CC(=O)OCc1cc2ccc(Br)cc2n1C(=O)O. The lowest BCUT2D eigenvalue weighted by Crippen LogP contribution is -2.13. The third-order valence-corrected chi connectivity index (χ3v) is 2.95. The number of ether oxygens (including phenoxy) is 1. The van der Waals surface area contributed by atoms with Gasteiger partial charge in [-0.05, 0) is 18.2 Å². The maximum absolute atomic E-state index is 11.3. The summed E-state index contributed by atoms with van der Waals surface area (Å²) < 4.78 is 6.74. The Labute approximate surface area is 111 Å². The average Bonchev–Trinajstić information content (AvgIpc) is 2.63. The van der Waals surface area contributed by atoms with E-state index < -0.39 is 12.1 Å². The number of esters is 1. The number of fused-ring (bicyclic) bond motifs is 1. The fourth-order valence-electron chi connectivity index (χ4n) is 1.74. The molecule has 6 heteroatoms. The zero-order valence-electron chi connectivity index (χ0n) is 9.51. The Bertz CT molecular complexity index is 632. The van der Waals surface area contributed by atoms with Gasteiger partial charge in [-0.3, -0.25) is 4.79 Å². The van der Waals surface area contributed by atoms with E-state index in [0.717, 1.165) is 14.4 Å². The van der Waals surface area contributed by atoms with Crippen molar-refractivity contribution in [3.05, 3.63) is 34.4 Å². The first kappa shape index (κ1) is 12.6. The second-order valence-electron chi connectivity index (χ2n) is 3.74. The fourth-order valence-corrected chi connectivity index (χ4v) is 2.09. The predicted molar refractivity (Wildman–Crippen MR) is 68.5 cm³/mol. The smallest absolute Gasteiger partial charge is 0.416 e. The zero-order chi connectivity index (χ0) is 13.3. The van der Waals surface area contributed by atoms with Crippen molar-refractivity contribution < 1.29 is 19.4 Å². The summed E-state index contributed by atoms with van der Waals surface area (Å²) in [5, 5.41) is 10.00. The highest BCUT2D eigenvalue weighted by atomic mass is 79.9. The van der Waals surface area contributed by atoms with Crippen LogP contribution >= 0.6 is 15.9 Å². The number of carbonyl (C=O) groups excluding carboxylic acids is 1. The monoisotopic (exact) mass is 311 g/mol. The van der Waals surface area contributed by atoms with Gasteiger partial charge in [0.05, 0.1) is 11.2 Å². The molecule has 94 valence electrons. The molecule has 1 aromatic carbocycles. The highest BCUT2D eigenvalue weighted by molar-refractivity contribution is 9.10. The molecule has 1 N–H and O–H groups in total. The van der Waals surface area contributed by atoms with E-state index in [-0.39, 0.29) is 6.61 Å². The molecule has 0 saturated heterocycles. The number of hydrogen-bond acceptors (Lipinski definition) is 3. The van der Waals surface area contributed by atoms with E-state index in [9.17, 15) is 14.7 Å². The molecule has 0 saturated carbocycles. The number of hydrogen-bond donors (Lipinski definition) is 1. The molecule has 18 heavy (non-hydrogen) atoms. The molecule has 0 amide bonds. The summed E-state index contributed by atoms with van der Waals surface area (Å²) in [4.78, 5) is 22.0. The van der Waals surface area contributed by atoms with Crippen LogP contribution in [-0.2, 0) is 16.1 Å². The Morgan fingerprint density at radius 1 is 1.39 bits per heavy atom. The number of benzene rings is 1. The number of aromatic nitrogens is 1. The van der Waals surface area contributed by atoms with Gasteiger partial charge in [-0.2, -0.15) is 0 Å². The van der Waals surface area contributed by atoms with Gasteiger partial charge in [0.2, 0.25) is 0 Å². The number of nitrogens with zero attached hydrogens (tertiary/aromatic N) is 1. The van der Waals surface area contributed by atoms with Crippen molar-refractivity contribution in [1.29, 1.82) is 0 Å². The van der Waals surface area contributed by atoms with Crippen LogP contribution in [0.5, 0.6) is 0 Å². The van der Waals surface area contributed by atoms with Crippen LogP contribution < -0.4 is 0 Å². The summed E-state index contributed by atoms with van der Waals surface area (Å²) in [6.07, 6.45) is -1.11. The van der Waals surface area contributed by atoms with E-state index >= 15 is 0 Å². The summed E-state index contributed by atoms with van der Waals surface area (Å²) >= 11 is 3.30. The largest absolute Gasteiger partial charge is 0.464 e. The predicted octanol–water partition coefficient (Wildman–Crippen LogP) is 2.99. The molecule has 0 aliphatic carbocycles. The van der Waals surface area contributed by atoms with Crippen molar-refractivity contribution in [2.45, 2.75) is 13.5 Å². The van der Waals surface area contributed by atoms with E-state index in [4.69, 9.17) is 4.74 Å². The summed E-state index contributed by atoms with van der Waals surface area (Å²) in [6, 6.07) is 7.03. The Morgan fingerprint density at radius 2 is 2.11 bits per heavy atom. The van der Waals surface area contributed by atoms with Crippen LogP contribution in [0.15, 0.2) is 28.7 Å². The molecule has 1 aromatic heterocycles. The Hall–Kier alpha value is -1.82. The topological polar surface area (TPSA) is 68.5 Å². The van der Waals surface area contributed by atoms with Gasteiger partial charge < -0.3 is 9.84 Å². The standard InChI is InChI=1S/C12H10BrNO4/c1-7(15)18-6-10-4-8-2-3-9(13)5-11(8)14(10)12(16)17/h2-5H,6H2,1H3,(H,16,17). The van der Waals surface area contributed by atoms with E-state index in [1.54, 1.807) is 18.2 Å². The molecule has 0 spiro atoms. The van der Waals surface area contributed by atoms with E-state index in [1.807, 2.05) is 6.07 Å². The van der Waals surface area contributed by atoms with Crippen molar-refractivity contribution >= 4 is 38.9 Å². The molecule has 0 atom stereocenters. The van der Waals surface area contributed by atoms with Crippen LogP contribution in [0.25, 0.3) is 10.9 Å². The summed E-state index contributed by atoms with van der Waals surface area (Å²) in [5.74, 6) is -0.446. The molecule has 0 aliphatic heterocycles. The first-order chi connectivity index (χ1) is 8.49. The van der Waals surface area contributed by atoms with E-state index in [1.165, 1.54) is 6.92 Å². The Balaban J connectivity index is 2.54. The van der Waals surface area contributed by atoms with Gasteiger partial charge in [0.25, 0.3) is 0 Å². The minimum atomic E-state index is -1.11. The zero-order valence-corrected chi connectivity index (χ0v) is 11.1. The van der Waals surface area contributed by atoms with Crippen LogP contribution in [0, 0.1) is 0 Å². The molecule has 5 nitrogen and oxygen atoms in total. The van der Waals surface area contributed by atoms with Crippen molar-refractivity contribution in [2.24, 2.45) is 0 Å². The molecule has 2 aromatic rings. The van der Waals surface area contributed by atoms with Crippen LogP contribution in [0.2, 0.25) is 0 Å². The second kappa shape index (κ2) is 4.81. The minimum Gasteiger partial charge on any atom is -0.464 e. The third kappa shape index (κ3) is 2.38. The lowest BCUT2D eigenvalue weighted by Gasteiger charge is -2.05. The van der Waals surface area contributed by atoms with E-state index in [2.05, 4.69) is 15.9 Å². The quantitative estimate of drug-likeness (QED) is 0.866. The molecule has 0 bridgehead atoms. The van der Waals surface area contributed by atoms with Crippen molar-refractivity contribution in [2.75, 3.05) is 0 Å². The van der Waals surface area contributed by atoms with Gasteiger partial charge in [-0.15, -0.1) is 0 Å². The Morgan fingerprint density at radius 3 is 2.72 bits per heavy atom.